The van der Waals surface area contributed by atoms with E-state index in [1.54, 1.807) is 0 Å². The first kappa shape index (κ1) is 15.8. The lowest BCUT2D eigenvalue weighted by Crippen LogP contribution is -2.46. The monoisotopic (exact) mass is 326 g/mol. The van der Waals surface area contributed by atoms with Crippen LogP contribution in [0.2, 0.25) is 5.02 Å². The quantitative estimate of drug-likeness (QED) is 0.920. The predicted molar refractivity (Wildman–Crippen MR) is 80.8 cm³/mol. The second kappa shape index (κ2) is 5.32. The highest BCUT2D eigenvalue weighted by atomic mass is 35.5. The zero-order chi connectivity index (χ0) is 15.8. The van der Waals surface area contributed by atoms with E-state index in [1.807, 2.05) is 6.07 Å². The van der Waals surface area contributed by atoms with Gasteiger partial charge in [0.25, 0.3) is 0 Å². The van der Waals surface area contributed by atoms with Crippen molar-refractivity contribution in [3.63, 3.8) is 0 Å². The van der Waals surface area contributed by atoms with Crippen LogP contribution in [0.25, 0.3) is 0 Å². The summed E-state index contributed by atoms with van der Waals surface area (Å²) in [4.78, 5) is 12.3. The van der Waals surface area contributed by atoms with E-state index in [2.05, 4.69) is 5.32 Å². The lowest BCUT2D eigenvalue weighted by atomic mass is 10.1. The summed E-state index contributed by atoms with van der Waals surface area (Å²) in [5, 5.41) is 11.3. The van der Waals surface area contributed by atoms with Gasteiger partial charge in [-0.1, -0.05) is 11.6 Å². The molecular formula is C14H15ClN2O3S. The fourth-order valence-corrected chi connectivity index (χ4v) is 3.95. The van der Waals surface area contributed by atoms with Crippen LogP contribution in [0.3, 0.4) is 0 Å². The fourth-order valence-electron chi connectivity index (χ4n) is 1.89. The maximum Gasteiger partial charge on any atom is 0.245 e. The number of nitrogens with zero attached hydrogens (tertiary/aromatic N) is 1. The molecule has 21 heavy (non-hydrogen) atoms. The van der Waals surface area contributed by atoms with Gasteiger partial charge in [0.2, 0.25) is 5.91 Å². The largest absolute Gasteiger partial charge is 0.325 e. The standard InChI is InChI=1S/C14H15ClN2O3S/c1-14(2,21(19,20)11-4-5-11)13(18)17-10-3-6-12(15)9(7-10)8-16/h3,6-7,11H,4-5H2,1-2H3,(H,17,18). The minimum absolute atomic E-state index is 0.220. The molecule has 7 heteroatoms. The summed E-state index contributed by atoms with van der Waals surface area (Å²) in [6, 6.07) is 6.33. The molecule has 1 aliphatic carbocycles. The first-order valence-corrected chi connectivity index (χ1v) is 8.37. The Balaban J connectivity index is 2.24. The predicted octanol–water partition coefficient (Wildman–Crippen LogP) is 2.51. The molecule has 1 aromatic rings. The minimum atomic E-state index is -3.51. The lowest BCUT2D eigenvalue weighted by molar-refractivity contribution is -0.117. The number of amides is 1. The highest BCUT2D eigenvalue weighted by molar-refractivity contribution is 7.94. The lowest BCUT2D eigenvalue weighted by Gasteiger charge is -2.23. The van der Waals surface area contributed by atoms with E-state index >= 15 is 0 Å². The maximum absolute atomic E-state index is 12.3. The van der Waals surface area contributed by atoms with E-state index in [4.69, 9.17) is 16.9 Å². The average Bonchev–Trinajstić information content (AvgIpc) is 3.25. The molecule has 1 aromatic carbocycles. The normalized spacial score (nSPS) is 15.3. The van der Waals surface area contributed by atoms with Crippen LogP contribution in [-0.4, -0.2) is 24.3 Å². The van der Waals surface area contributed by atoms with Crippen molar-refractivity contribution in [2.45, 2.75) is 36.7 Å². The average molecular weight is 327 g/mol. The van der Waals surface area contributed by atoms with Crippen molar-refractivity contribution in [2.24, 2.45) is 0 Å². The van der Waals surface area contributed by atoms with E-state index in [9.17, 15) is 13.2 Å². The Morgan fingerprint density at radius 1 is 1.43 bits per heavy atom. The molecule has 0 spiro atoms. The number of benzene rings is 1. The van der Waals surface area contributed by atoms with Gasteiger partial charge >= 0.3 is 0 Å². The van der Waals surface area contributed by atoms with Crippen molar-refractivity contribution in [3.05, 3.63) is 28.8 Å². The molecular weight excluding hydrogens is 312 g/mol. The van der Waals surface area contributed by atoms with E-state index in [0.717, 1.165) is 0 Å². The molecule has 0 atom stereocenters. The number of nitrogens with one attached hydrogen (secondary N) is 1. The van der Waals surface area contributed by atoms with Crippen molar-refractivity contribution in [2.75, 3.05) is 5.32 Å². The Hall–Kier alpha value is -1.58. The number of hydrogen-bond acceptors (Lipinski definition) is 4. The van der Waals surface area contributed by atoms with Crippen molar-refractivity contribution >= 4 is 33.0 Å². The first-order valence-electron chi connectivity index (χ1n) is 6.44. The molecule has 1 fully saturated rings. The van der Waals surface area contributed by atoms with Gasteiger partial charge in [-0.3, -0.25) is 4.79 Å². The van der Waals surface area contributed by atoms with Crippen molar-refractivity contribution in [3.8, 4) is 6.07 Å². The third-order valence-corrected chi connectivity index (χ3v) is 6.85. The number of halogens is 1. The molecule has 5 nitrogen and oxygen atoms in total. The number of rotatable bonds is 4. The van der Waals surface area contributed by atoms with Gasteiger partial charge in [-0.2, -0.15) is 5.26 Å². The second-order valence-electron chi connectivity index (χ2n) is 5.52. The second-order valence-corrected chi connectivity index (χ2v) is 8.70. The van der Waals surface area contributed by atoms with Gasteiger partial charge in [0.15, 0.2) is 9.84 Å². The molecule has 0 aromatic heterocycles. The molecule has 1 amide bonds. The SMILES string of the molecule is CC(C)(C(=O)Nc1ccc(Cl)c(C#N)c1)S(=O)(=O)C1CC1. The molecule has 0 radical (unpaired) electrons. The Bertz CT molecular complexity index is 731. The molecule has 1 saturated carbocycles. The number of sulfone groups is 1. The number of carbonyl (C=O) groups excluding carboxylic acids is 1. The molecule has 1 aliphatic rings. The van der Waals surface area contributed by atoms with E-state index < -0.39 is 25.7 Å². The molecule has 0 bridgehead atoms. The third-order valence-electron chi connectivity index (χ3n) is 3.57. The van der Waals surface area contributed by atoms with E-state index in [1.165, 1.54) is 32.0 Å². The van der Waals surface area contributed by atoms with Gasteiger partial charge in [0.05, 0.1) is 15.8 Å². The molecule has 0 saturated heterocycles. The van der Waals surface area contributed by atoms with Gasteiger partial charge in [-0.25, -0.2) is 8.42 Å². The Morgan fingerprint density at radius 3 is 2.57 bits per heavy atom. The van der Waals surface area contributed by atoms with Crippen LogP contribution in [0.4, 0.5) is 5.69 Å². The molecule has 1 N–H and O–H groups in total. The first-order chi connectivity index (χ1) is 9.70. The van der Waals surface area contributed by atoms with Gasteiger partial charge < -0.3 is 5.32 Å². The van der Waals surface area contributed by atoms with Crippen molar-refractivity contribution < 1.29 is 13.2 Å². The zero-order valence-corrected chi connectivity index (χ0v) is 13.3. The zero-order valence-electron chi connectivity index (χ0n) is 11.7. The Kier molecular flexibility index (Phi) is 4.00. The topological polar surface area (TPSA) is 87.0 Å². The van der Waals surface area contributed by atoms with Gasteiger partial charge in [-0.15, -0.1) is 0 Å². The van der Waals surface area contributed by atoms with Crippen molar-refractivity contribution in [1.29, 1.82) is 5.26 Å². The number of hydrogen-bond donors (Lipinski definition) is 1. The van der Waals surface area contributed by atoms with Crippen LogP contribution in [-0.2, 0) is 14.6 Å². The summed E-state index contributed by atoms with van der Waals surface area (Å²) in [5.74, 6) is -0.611. The molecule has 2 rings (SSSR count). The third kappa shape index (κ3) is 2.89. The van der Waals surface area contributed by atoms with E-state index in [0.29, 0.717) is 18.5 Å². The van der Waals surface area contributed by atoms with Gasteiger partial charge in [-0.05, 0) is 44.9 Å². The minimum Gasteiger partial charge on any atom is -0.325 e. The smallest absolute Gasteiger partial charge is 0.245 e. The Labute approximate surface area is 128 Å². The molecule has 112 valence electrons. The van der Waals surface area contributed by atoms with Crippen LogP contribution >= 0.6 is 11.6 Å². The molecule has 0 aliphatic heterocycles. The summed E-state index contributed by atoms with van der Waals surface area (Å²) in [7, 11) is -3.51. The van der Waals surface area contributed by atoms with Gasteiger partial charge in [0.1, 0.15) is 10.8 Å². The summed E-state index contributed by atoms with van der Waals surface area (Å²) >= 11 is 5.81. The van der Waals surface area contributed by atoms with Crippen LogP contribution < -0.4 is 5.32 Å². The summed E-state index contributed by atoms with van der Waals surface area (Å²) in [5.41, 5.74) is 0.567. The van der Waals surface area contributed by atoms with Crippen LogP contribution in [0.15, 0.2) is 18.2 Å². The highest BCUT2D eigenvalue weighted by Crippen LogP contribution is 2.36. The van der Waals surface area contributed by atoms with Crippen LogP contribution in [0.1, 0.15) is 32.3 Å². The van der Waals surface area contributed by atoms with Crippen LogP contribution in [0.5, 0.6) is 0 Å². The maximum atomic E-state index is 12.3. The van der Waals surface area contributed by atoms with Crippen molar-refractivity contribution in [1.82, 2.24) is 0 Å². The summed E-state index contributed by atoms with van der Waals surface area (Å²) in [6.07, 6.45) is 1.22. The molecule has 0 unspecified atom stereocenters. The number of nitriles is 1. The highest BCUT2D eigenvalue weighted by Gasteiger charge is 2.50. The number of anilines is 1. The molecule has 0 heterocycles. The number of carbonyl (C=O) groups is 1. The summed E-state index contributed by atoms with van der Waals surface area (Å²) < 4.78 is 23.1. The Morgan fingerprint density at radius 2 is 2.05 bits per heavy atom. The van der Waals surface area contributed by atoms with E-state index in [-0.39, 0.29) is 10.6 Å². The van der Waals surface area contributed by atoms with Crippen LogP contribution in [0, 0.1) is 11.3 Å². The van der Waals surface area contributed by atoms with Gasteiger partial charge in [0, 0.05) is 5.69 Å². The summed E-state index contributed by atoms with van der Waals surface area (Å²) in [6.45, 7) is 2.80. The fraction of sp³-hybridized carbons (Fsp3) is 0.429.